The van der Waals surface area contributed by atoms with Crippen LogP contribution in [0.4, 0.5) is 17.7 Å². The Morgan fingerprint density at radius 1 is 0.476 bits per heavy atom. The summed E-state index contributed by atoms with van der Waals surface area (Å²) in [6.45, 7) is 11.1. The number of imidazole rings is 2. The number of carbonyl (C=O) groups excluding carboxylic acids is 9. The highest BCUT2D eigenvalue weighted by Crippen LogP contribution is 2.26. The fraction of sp³-hybridized carbons (Fsp3) is 0.375. The number of aliphatic carboxylic acids is 2. The summed E-state index contributed by atoms with van der Waals surface area (Å²) in [5.41, 5.74) is 5.76. The summed E-state index contributed by atoms with van der Waals surface area (Å²) < 4.78 is 106. The monoisotopic (exact) mass is 2060 g/mol. The fourth-order valence-electron chi connectivity index (χ4n) is 15.4. The maximum Gasteiger partial charge on any atom is 0.323 e. The number of ether oxygens (including phenoxy) is 2. The average Bonchev–Trinajstić information content (AvgIpc) is 0.894. The number of amides is 9. The zero-order valence-electron chi connectivity index (χ0n) is 80.6. The van der Waals surface area contributed by atoms with Gasteiger partial charge in [-0.3, -0.25) is 72.3 Å². The summed E-state index contributed by atoms with van der Waals surface area (Å²) in [5.74, 6) is -7.74. The number of fused-ring (bicyclic) bond motifs is 2. The number of aliphatic imine (C=N–C) groups is 1. The Kier molecular flexibility index (Phi) is 41.9. The van der Waals surface area contributed by atoms with Crippen molar-refractivity contribution in [3.8, 4) is 0 Å². The number of aromatic amines is 2. The van der Waals surface area contributed by atoms with Crippen molar-refractivity contribution >= 4 is 147 Å². The molecule has 0 saturated carbocycles. The Hall–Kier alpha value is -15.2. The van der Waals surface area contributed by atoms with Gasteiger partial charge in [0.05, 0.1) is 32.6 Å². The van der Waals surface area contributed by atoms with Crippen molar-refractivity contribution in [2.45, 2.75) is 172 Å². The first kappa shape index (κ1) is 112. The van der Waals surface area contributed by atoms with Crippen molar-refractivity contribution in [2.24, 2.45) is 10.1 Å². The van der Waals surface area contributed by atoms with Crippen molar-refractivity contribution < 1.29 is 102 Å². The van der Waals surface area contributed by atoms with Gasteiger partial charge in [0.25, 0.3) is 33.7 Å². The minimum Gasteiger partial charge on any atom is -0.480 e. The van der Waals surface area contributed by atoms with Crippen LogP contribution >= 0.6 is 0 Å². The van der Waals surface area contributed by atoms with Crippen LogP contribution in [0.15, 0.2) is 175 Å². The van der Waals surface area contributed by atoms with E-state index in [-0.39, 0.29) is 196 Å². The van der Waals surface area contributed by atoms with E-state index in [0.29, 0.717) is 77.4 Å². The van der Waals surface area contributed by atoms with E-state index >= 15 is 0 Å². The van der Waals surface area contributed by atoms with E-state index < -0.39 is 131 Å². The minimum atomic E-state index is -4.57. The van der Waals surface area contributed by atoms with Gasteiger partial charge in [-0.15, -0.1) is 0 Å². The zero-order chi connectivity index (χ0) is 105. The maximum atomic E-state index is 14.0. The van der Waals surface area contributed by atoms with Crippen molar-refractivity contribution in [3.05, 3.63) is 228 Å². The smallest absolute Gasteiger partial charge is 0.323 e. The summed E-state index contributed by atoms with van der Waals surface area (Å²) in [4.78, 5) is 194. The lowest BCUT2D eigenvalue weighted by atomic mass is 10.1. The number of aromatic nitrogens is 7. The Morgan fingerprint density at radius 3 is 1.26 bits per heavy atom. The number of hydrogen-bond acceptors (Lipinski definition) is 28. The van der Waals surface area contributed by atoms with Gasteiger partial charge >= 0.3 is 11.9 Å². The quantitative estimate of drug-likeness (QED) is 0.0107. The molecule has 9 amide bonds. The van der Waals surface area contributed by atoms with Crippen LogP contribution in [0, 0.1) is 41.5 Å². The second-order valence-corrected chi connectivity index (χ2v) is 38.5. The molecule has 5 heterocycles. The number of pyridine rings is 3. The van der Waals surface area contributed by atoms with E-state index in [1.807, 2.05) is 0 Å². The van der Waals surface area contributed by atoms with Gasteiger partial charge in [0.15, 0.2) is 11.9 Å². The van der Waals surface area contributed by atoms with Gasteiger partial charge in [0.1, 0.15) is 39.6 Å². The van der Waals surface area contributed by atoms with Gasteiger partial charge in [-0.25, -0.2) is 36.8 Å². The molecular weight excluding hydrogens is 1940 g/mol. The van der Waals surface area contributed by atoms with Crippen LogP contribution in [0.5, 0.6) is 0 Å². The first-order valence-corrected chi connectivity index (χ1v) is 50.8. The zero-order valence-corrected chi connectivity index (χ0v) is 83.0. The second kappa shape index (κ2) is 54.4. The van der Waals surface area contributed by atoms with Gasteiger partial charge in [-0.1, -0.05) is 65.7 Å². The molecule has 145 heavy (non-hydrogen) atoms. The van der Waals surface area contributed by atoms with Crippen LogP contribution in [0.3, 0.4) is 0 Å². The first-order valence-electron chi connectivity index (χ1n) is 46.4. The topological polar surface area (TPSA) is 665 Å². The number of carboxylic acid groups (broad SMARTS) is 2. The number of hydrogen-bond donors (Lipinski definition) is 18. The molecule has 49 heteroatoms. The number of carboxylic acids is 2. The van der Waals surface area contributed by atoms with E-state index in [4.69, 9.17) is 9.47 Å². The Balaban J connectivity index is 0.620. The summed E-state index contributed by atoms with van der Waals surface area (Å²) in [7, 11) is -13.4. The number of aryl methyl sites for hydroxylation is 8. The summed E-state index contributed by atoms with van der Waals surface area (Å²) >= 11 is 0. The number of benzene rings is 5. The number of sulfonamides is 2. The molecule has 0 aliphatic heterocycles. The number of nitrogens with one attached hydrogen (secondary N) is 15. The molecule has 5 aromatic carbocycles. The van der Waals surface area contributed by atoms with Crippen LogP contribution in [0.25, 0.3) is 21.8 Å². The van der Waals surface area contributed by atoms with Gasteiger partial charge in [0.2, 0.25) is 60.4 Å². The van der Waals surface area contributed by atoms with Gasteiger partial charge < -0.3 is 92.0 Å². The third-order valence-corrected chi connectivity index (χ3v) is 26.8. The SMILES string of the molecule is Cc1cc(C)c(S(=O)(=O)NC(CNC(=O)c2cn(CCCNC(=O)CCC(=O)NCCCOCCCNC(=O)C(CCC(=O)NCCCOCCCNC(=O)CCC(=O)NCCCn3cc(C(=O)NC[C@H](NS(=O)(=O)c4c(C)cc(C)cc4C)C(=O)O)c(=O)c4ccc(CNc5ncc[nH]5)cc43)=NC(=O)c3ccc(N/N=C/c4ccccc4S(=O)(=O)O)nc3)c3cc(CNc4ncc[nH]4)ccc3c2=O)C(=O)O)c(C)c1. The molecule has 0 saturated heterocycles. The molecule has 0 spiro atoms. The lowest BCUT2D eigenvalue weighted by Crippen LogP contribution is -2.49. The fourth-order valence-corrected chi connectivity index (χ4v) is 19.4. The van der Waals surface area contributed by atoms with Crippen LogP contribution in [-0.4, -0.2) is 242 Å². The van der Waals surface area contributed by atoms with E-state index in [1.54, 1.807) is 136 Å². The summed E-state index contributed by atoms with van der Waals surface area (Å²) in [5, 5.41) is 52.0. The molecule has 18 N–H and O–H groups in total. The first-order chi connectivity index (χ1) is 69.2. The predicted octanol–water partition coefficient (Wildman–Crippen LogP) is 4.64. The lowest BCUT2D eigenvalue weighted by Gasteiger charge is -2.19. The van der Waals surface area contributed by atoms with Crippen molar-refractivity contribution in [1.29, 1.82) is 0 Å². The minimum absolute atomic E-state index is 0.0523. The molecule has 1 unspecified atom stereocenters. The molecule has 46 nitrogen and oxygen atoms in total. The third-order valence-electron chi connectivity index (χ3n) is 22.3. The number of nitrogens with zero attached hydrogens (tertiary/aromatic N) is 7. The molecule has 774 valence electrons. The van der Waals surface area contributed by atoms with E-state index in [1.165, 1.54) is 48.8 Å². The largest absolute Gasteiger partial charge is 0.480 e. The van der Waals surface area contributed by atoms with Crippen LogP contribution in [-0.2, 0) is 104 Å². The number of hydrazone groups is 1. The van der Waals surface area contributed by atoms with Gasteiger partial charge in [-0.05, 0) is 156 Å². The second-order valence-electron chi connectivity index (χ2n) is 33.8. The van der Waals surface area contributed by atoms with Gasteiger partial charge in [-0.2, -0.15) is 23.0 Å². The van der Waals surface area contributed by atoms with E-state index in [2.05, 4.69) is 103 Å². The highest BCUT2D eigenvalue weighted by atomic mass is 32.2. The molecule has 0 fully saturated rings. The number of carbonyl (C=O) groups is 11. The summed E-state index contributed by atoms with van der Waals surface area (Å²) in [6, 6.07) is 21.1. The Bertz CT molecular complexity index is 6850. The van der Waals surface area contributed by atoms with Crippen LogP contribution < -0.4 is 78.9 Å². The molecule has 10 rings (SSSR count). The van der Waals surface area contributed by atoms with Crippen LogP contribution in [0.2, 0.25) is 0 Å². The predicted molar refractivity (Wildman–Crippen MR) is 536 cm³/mol. The molecule has 0 radical (unpaired) electrons. The number of anilines is 3. The van der Waals surface area contributed by atoms with Crippen molar-refractivity contribution in [3.63, 3.8) is 0 Å². The highest BCUT2D eigenvalue weighted by molar-refractivity contribution is 7.90. The van der Waals surface area contributed by atoms with E-state index in [9.17, 15) is 102 Å². The molecule has 2 atom stereocenters. The van der Waals surface area contributed by atoms with E-state index in [0.717, 1.165) is 34.7 Å². The maximum absolute atomic E-state index is 14.0. The lowest BCUT2D eigenvalue weighted by molar-refractivity contribution is -0.139. The third kappa shape index (κ3) is 34.6. The average molecular weight is 2060 g/mol. The summed E-state index contributed by atoms with van der Waals surface area (Å²) in [6.07, 6.45) is 12.2. The van der Waals surface area contributed by atoms with Crippen molar-refractivity contribution in [1.82, 2.24) is 86.0 Å². The molecular formula is C96H118N22O24S3. The molecule has 10 aromatic rings. The van der Waals surface area contributed by atoms with Gasteiger partial charge in [0, 0.05) is 203 Å². The molecule has 5 aromatic heterocycles. The Labute approximate surface area is 834 Å². The number of H-pyrrole nitrogens is 2. The highest BCUT2D eigenvalue weighted by Gasteiger charge is 2.33. The number of rotatable bonds is 59. The molecule has 0 aliphatic carbocycles. The molecule has 0 bridgehead atoms. The van der Waals surface area contributed by atoms with Crippen LogP contribution in [0.1, 0.15) is 158 Å². The van der Waals surface area contributed by atoms with Crippen molar-refractivity contribution in [2.75, 3.05) is 94.8 Å². The molecule has 0 aliphatic rings. The Morgan fingerprint density at radius 2 is 0.876 bits per heavy atom. The standard InChI is InChI=1S/C96H118N22O24S3/c1-59-45-61(3)87(62(4)46-59)143(134,135)115-74(93(130)131)55-108-90(127)71-57-117(76-49-65(17-20-69(76)85(71)124)51-110-95-103-35-36-104-95)39-9-29-97-81(120)25-27-83(122)100-32-12-42-141-41-11-31-99-80(119)24-22-73(113-89(126)68-19-23-79(107-53-68)114-112-54-67-15-7-8-16-78(67)145(138,139)140)92(129)102-34-14-44-142-43-13-33-101-84(123)28-26-82(121)98-30-10-40-118-58-72(86(125)70-21-18-66(50-77(70)118)52-111-96-105-37-38-106-96)91(128)109-56-75(94(132)133)116-144(136,137)88-63(5)47-60(2)48-64(88)6/h7-8,15-21,23,35-38,45-50,53-54,57-58,74-75,115-116H,9-14,22,24-34,39-44,51-52,55-56H2,1-6H3,(H,97,120)(H,98,121)(H,99,119)(H,100,122)(H,101,123)(H,102,129)(H,107,114)(H,108,127)(H,109,128)(H,130,131)(H,132,133)(H2,103,104,110)(H2,105,106,111)(H,138,139,140)/b112-54+,113-73?/t74-,75?/m0/s1. The normalized spacial score (nSPS) is 12.1.